The van der Waals surface area contributed by atoms with Crippen molar-refractivity contribution in [2.75, 3.05) is 0 Å². The van der Waals surface area contributed by atoms with E-state index >= 15 is 0 Å². The molecule has 0 aromatic rings. The quantitative estimate of drug-likeness (QED) is 0.543. The van der Waals surface area contributed by atoms with E-state index in [-0.39, 0.29) is 11.0 Å². The van der Waals surface area contributed by atoms with Crippen molar-refractivity contribution in [1.29, 1.82) is 0 Å². The molecule has 0 bridgehead atoms. The van der Waals surface area contributed by atoms with E-state index in [1.54, 1.807) is 6.08 Å². The molecule has 0 aromatic heterocycles. The molecular weight excluding hydrogens is 225 g/mol. The summed E-state index contributed by atoms with van der Waals surface area (Å²) >= 11 is 0. The lowest BCUT2D eigenvalue weighted by Gasteiger charge is -2.19. The fourth-order valence-corrected chi connectivity index (χ4v) is 1.68. The molecule has 0 heterocycles. The van der Waals surface area contributed by atoms with Gasteiger partial charge in [-0.05, 0) is 46.1 Å². The van der Waals surface area contributed by atoms with E-state index in [0.29, 0.717) is 18.4 Å². The molecule has 0 aromatic carbocycles. The first kappa shape index (κ1) is 13.9. The average molecular weight is 242 g/mol. The zero-order chi connectivity index (χ0) is 13.3. The molecule has 3 heteroatoms. The van der Waals surface area contributed by atoms with Gasteiger partial charge in [-0.15, -0.1) is 0 Å². The topological polar surface area (TPSA) is 0 Å². The van der Waals surface area contributed by atoms with Crippen LogP contribution in [-0.2, 0) is 0 Å². The third-order valence-electron chi connectivity index (χ3n) is 2.41. The van der Waals surface area contributed by atoms with E-state index < -0.39 is 11.7 Å². The fourth-order valence-electron chi connectivity index (χ4n) is 1.68. The summed E-state index contributed by atoms with van der Waals surface area (Å²) in [7, 11) is 0. The first-order valence-corrected chi connectivity index (χ1v) is 5.62. The Balaban J connectivity index is 3.23. The number of halogens is 3. The average Bonchev–Trinajstić information content (AvgIpc) is 2.11. The maximum atomic E-state index is 12.9. The molecule has 94 valence electrons. The third kappa shape index (κ3) is 3.96. The lowest BCUT2D eigenvalue weighted by atomic mass is 9.90. The van der Waals surface area contributed by atoms with Crippen LogP contribution in [0.25, 0.3) is 0 Å². The maximum absolute atomic E-state index is 12.9. The van der Waals surface area contributed by atoms with Crippen molar-refractivity contribution in [2.24, 2.45) is 5.41 Å². The van der Waals surface area contributed by atoms with Gasteiger partial charge in [-0.2, -0.15) is 13.2 Å². The molecule has 0 nitrogen and oxygen atoms in total. The Labute approximate surface area is 101 Å². The van der Waals surface area contributed by atoms with Gasteiger partial charge in [-0.3, -0.25) is 0 Å². The van der Waals surface area contributed by atoms with Crippen LogP contribution in [-0.4, -0.2) is 6.18 Å². The van der Waals surface area contributed by atoms with Crippen LogP contribution >= 0.6 is 0 Å². The lowest BCUT2D eigenvalue weighted by molar-refractivity contribution is -0.0902. The van der Waals surface area contributed by atoms with Crippen molar-refractivity contribution in [3.05, 3.63) is 22.8 Å². The summed E-state index contributed by atoms with van der Waals surface area (Å²) in [4.78, 5) is 0. The van der Waals surface area contributed by atoms with Crippen LogP contribution in [0.5, 0.6) is 0 Å². The number of allylic oxidation sites excluding steroid dienone is 4. The van der Waals surface area contributed by atoms with Crippen molar-refractivity contribution in [3.8, 4) is 11.8 Å². The monoisotopic (exact) mass is 242 g/mol. The molecule has 0 aliphatic heterocycles. The molecule has 0 fully saturated rings. The fraction of sp³-hybridized carbons (Fsp3) is 0.571. The Morgan fingerprint density at radius 3 is 2.24 bits per heavy atom. The van der Waals surface area contributed by atoms with Crippen LogP contribution in [0.2, 0.25) is 0 Å². The molecule has 0 N–H and O–H groups in total. The molecule has 1 aliphatic carbocycles. The Kier molecular flexibility index (Phi) is 3.76. The first-order valence-electron chi connectivity index (χ1n) is 5.62. The van der Waals surface area contributed by atoms with Gasteiger partial charge in [0.1, 0.15) is 0 Å². The highest BCUT2D eigenvalue weighted by molar-refractivity contribution is 5.48. The summed E-state index contributed by atoms with van der Waals surface area (Å²) in [5.74, 6) is 5.60. The predicted molar refractivity (Wildman–Crippen MR) is 63.3 cm³/mol. The minimum atomic E-state index is -4.30. The summed E-state index contributed by atoms with van der Waals surface area (Å²) < 4.78 is 38.7. The molecule has 0 atom stereocenters. The predicted octanol–water partition coefficient (Wildman–Crippen LogP) is 4.63. The third-order valence-corrected chi connectivity index (χ3v) is 2.41. The smallest absolute Gasteiger partial charge is 0.166 e. The lowest BCUT2D eigenvalue weighted by Crippen LogP contribution is -2.17. The second kappa shape index (κ2) is 4.60. The summed E-state index contributed by atoms with van der Waals surface area (Å²) in [6, 6.07) is 0. The Hall–Kier alpha value is -1.17. The second-order valence-corrected chi connectivity index (χ2v) is 5.28. The highest BCUT2D eigenvalue weighted by Crippen LogP contribution is 2.37. The molecular formula is C14H17F3. The molecule has 1 aliphatic rings. The highest BCUT2D eigenvalue weighted by Gasteiger charge is 2.37. The molecule has 0 spiro atoms. The van der Waals surface area contributed by atoms with Crippen LogP contribution in [0, 0.1) is 17.3 Å². The SMILES string of the molecule is CC1=CCCC(C#CC(C)(C)C)=C1C(F)(F)F. The van der Waals surface area contributed by atoms with Crippen LogP contribution in [0.4, 0.5) is 13.2 Å². The van der Waals surface area contributed by atoms with Crippen molar-refractivity contribution in [3.63, 3.8) is 0 Å². The number of hydrogen-bond donors (Lipinski definition) is 0. The molecule has 0 amide bonds. The van der Waals surface area contributed by atoms with Gasteiger partial charge in [0.25, 0.3) is 0 Å². The zero-order valence-corrected chi connectivity index (χ0v) is 10.6. The van der Waals surface area contributed by atoms with E-state index in [0.717, 1.165) is 0 Å². The Bertz CT molecular complexity index is 417. The van der Waals surface area contributed by atoms with Gasteiger partial charge in [-0.1, -0.05) is 17.9 Å². The van der Waals surface area contributed by atoms with Gasteiger partial charge in [0.2, 0.25) is 0 Å². The first-order chi connectivity index (χ1) is 7.61. The van der Waals surface area contributed by atoms with Gasteiger partial charge in [-0.25, -0.2) is 0 Å². The summed E-state index contributed by atoms with van der Waals surface area (Å²) in [5, 5.41) is 0. The summed E-state index contributed by atoms with van der Waals surface area (Å²) in [6.07, 6.45) is -1.65. The van der Waals surface area contributed by atoms with Crippen molar-refractivity contribution in [2.45, 2.75) is 46.7 Å². The largest absolute Gasteiger partial charge is 0.417 e. The molecule has 0 radical (unpaired) electrons. The second-order valence-electron chi connectivity index (χ2n) is 5.28. The Morgan fingerprint density at radius 2 is 1.76 bits per heavy atom. The number of hydrogen-bond acceptors (Lipinski definition) is 0. The summed E-state index contributed by atoms with van der Waals surface area (Å²) in [5.41, 5.74) is -0.298. The standard InChI is InChI=1S/C14H17F3/c1-10-6-5-7-11(8-9-13(2,3)4)12(10)14(15,16)17/h6H,5,7H2,1-4H3. The number of alkyl halides is 3. The van der Waals surface area contributed by atoms with E-state index in [4.69, 9.17) is 0 Å². The van der Waals surface area contributed by atoms with Gasteiger partial charge in [0.05, 0.1) is 5.57 Å². The van der Waals surface area contributed by atoms with Gasteiger partial charge in [0, 0.05) is 11.0 Å². The van der Waals surface area contributed by atoms with Crippen LogP contribution in [0.3, 0.4) is 0 Å². The minimum Gasteiger partial charge on any atom is -0.166 e. The minimum absolute atomic E-state index is 0.229. The van der Waals surface area contributed by atoms with E-state index in [2.05, 4.69) is 11.8 Å². The van der Waals surface area contributed by atoms with E-state index in [1.165, 1.54) is 6.92 Å². The van der Waals surface area contributed by atoms with Crippen molar-refractivity contribution in [1.82, 2.24) is 0 Å². The van der Waals surface area contributed by atoms with E-state index in [1.807, 2.05) is 20.8 Å². The molecule has 1 rings (SSSR count). The van der Waals surface area contributed by atoms with Crippen LogP contribution in [0.1, 0.15) is 40.5 Å². The molecule has 0 saturated carbocycles. The zero-order valence-electron chi connectivity index (χ0n) is 10.6. The number of rotatable bonds is 0. The molecule has 17 heavy (non-hydrogen) atoms. The van der Waals surface area contributed by atoms with Gasteiger partial charge in [0.15, 0.2) is 0 Å². The highest BCUT2D eigenvalue weighted by atomic mass is 19.4. The van der Waals surface area contributed by atoms with Gasteiger partial charge < -0.3 is 0 Å². The van der Waals surface area contributed by atoms with Crippen LogP contribution < -0.4 is 0 Å². The normalized spacial score (nSPS) is 17.5. The van der Waals surface area contributed by atoms with Crippen molar-refractivity contribution >= 4 is 0 Å². The van der Waals surface area contributed by atoms with Crippen LogP contribution in [0.15, 0.2) is 22.8 Å². The van der Waals surface area contributed by atoms with Crippen molar-refractivity contribution < 1.29 is 13.2 Å². The summed E-state index contributed by atoms with van der Waals surface area (Å²) in [6.45, 7) is 7.17. The molecule has 0 unspecified atom stereocenters. The molecule has 0 saturated heterocycles. The van der Waals surface area contributed by atoms with Gasteiger partial charge >= 0.3 is 6.18 Å². The Morgan fingerprint density at radius 1 is 1.18 bits per heavy atom. The van der Waals surface area contributed by atoms with E-state index in [9.17, 15) is 13.2 Å². The maximum Gasteiger partial charge on any atom is 0.417 e.